The standard InChI is InChI=1S/C17H30N4O2/c1-17(2,3)15(22)13-20-7-9-21(10-8-20)16(23)6-5-14-11-18-19(4)12-14/h11-12,15,22H,5-10,13H2,1-4H3. The Labute approximate surface area is 139 Å². The number of amides is 1. The number of carbonyl (C=O) groups is 1. The largest absolute Gasteiger partial charge is 0.391 e. The quantitative estimate of drug-likeness (QED) is 0.875. The van der Waals surface area contributed by atoms with Gasteiger partial charge < -0.3 is 10.0 Å². The minimum atomic E-state index is -0.338. The summed E-state index contributed by atoms with van der Waals surface area (Å²) in [5.41, 5.74) is 1.00. The number of aliphatic hydroxyl groups excluding tert-OH is 1. The van der Waals surface area contributed by atoms with E-state index in [0.29, 0.717) is 13.0 Å². The van der Waals surface area contributed by atoms with Crippen molar-refractivity contribution >= 4 is 5.91 Å². The Kier molecular flexibility index (Phi) is 5.81. The van der Waals surface area contributed by atoms with Gasteiger partial charge in [0.05, 0.1) is 12.3 Å². The van der Waals surface area contributed by atoms with Crippen LogP contribution in [-0.4, -0.2) is 69.4 Å². The minimum absolute atomic E-state index is 0.101. The Morgan fingerprint density at radius 1 is 1.30 bits per heavy atom. The molecule has 130 valence electrons. The lowest BCUT2D eigenvalue weighted by Gasteiger charge is -2.38. The predicted octanol–water partition coefficient (Wildman–Crippen LogP) is 0.904. The molecule has 1 N–H and O–H groups in total. The summed E-state index contributed by atoms with van der Waals surface area (Å²) in [7, 11) is 1.89. The van der Waals surface area contributed by atoms with Crippen LogP contribution in [-0.2, 0) is 18.3 Å². The van der Waals surface area contributed by atoms with Crippen LogP contribution in [0.2, 0.25) is 0 Å². The van der Waals surface area contributed by atoms with Crippen LogP contribution < -0.4 is 0 Å². The molecule has 0 bridgehead atoms. The molecule has 0 saturated carbocycles. The number of hydrogen-bond acceptors (Lipinski definition) is 4. The summed E-state index contributed by atoms with van der Waals surface area (Å²) in [6.45, 7) is 10.0. The first-order valence-electron chi connectivity index (χ1n) is 8.41. The van der Waals surface area contributed by atoms with E-state index in [1.54, 1.807) is 4.68 Å². The second kappa shape index (κ2) is 7.45. The zero-order valence-corrected chi connectivity index (χ0v) is 14.8. The summed E-state index contributed by atoms with van der Waals surface area (Å²) in [5.74, 6) is 0.213. The Hall–Kier alpha value is -1.40. The third kappa shape index (κ3) is 5.32. The van der Waals surface area contributed by atoms with Crippen LogP contribution in [0.15, 0.2) is 12.4 Å². The van der Waals surface area contributed by atoms with Crippen molar-refractivity contribution in [2.24, 2.45) is 12.5 Å². The molecule has 2 rings (SSSR count). The zero-order chi connectivity index (χ0) is 17.0. The average Bonchev–Trinajstić information content (AvgIpc) is 2.90. The number of β-amino-alcohol motifs (C(OH)–C–C–N with tert-alkyl or cyclic N) is 1. The SMILES string of the molecule is Cn1cc(CCC(=O)N2CCN(CC(O)C(C)(C)C)CC2)cn1. The number of hydrogen-bond donors (Lipinski definition) is 1. The van der Waals surface area contributed by atoms with Crippen molar-refractivity contribution in [1.29, 1.82) is 0 Å². The lowest BCUT2D eigenvalue weighted by molar-refractivity contribution is -0.133. The number of aryl methyl sites for hydroxylation is 2. The molecule has 0 spiro atoms. The number of nitrogens with zero attached hydrogens (tertiary/aromatic N) is 4. The Bertz CT molecular complexity index is 513. The highest BCUT2D eigenvalue weighted by Crippen LogP contribution is 2.20. The van der Waals surface area contributed by atoms with E-state index in [1.165, 1.54) is 0 Å². The summed E-state index contributed by atoms with van der Waals surface area (Å²) >= 11 is 0. The molecule has 0 aliphatic carbocycles. The molecule has 23 heavy (non-hydrogen) atoms. The maximum atomic E-state index is 12.3. The van der Waals surface area contributed by atoms with E-state index >= 15 is 0 Å². The van der Waals surface area contributed by atoms with Gasteiger partial charge in [0.15, 0.2) is 0 Å². The van der Waals surface area contributed by atoms with Gasteiger partial charge in [-0.3, -0.25) is 14.4 Å². The van der Waals surface area contributed by atoms with E-state index in [9.17, 15) is 9.90 Å². The van der Waals surface area contributed by atoms with E-state index < -0.39 is 0 Å². The second-order valence-electron chi connectivity index (χ2n) is 7.59. The monoisotopic (exact) mass is 322 g/mol. The fourth-order valence-electron chi connectivity index (χ4n) is 2.71. The lowest BCUT2D eigenvalue weighted by atomic mass is 9.89. The highest BCUT2D eigenvalue weighted by molar-refractivity contribution is 5.76. The van der Waals surface area contributed by atoms with E-state index in [1.807, 2.05) is 24.3 Å². The normalized spacial score (nSPS) is 18.2. The van der Waals surface area contributed by atoms with Crippen LogP contribution in [0.5, 0.6) is 0 Å². The fraction of sp³-hybridized carbons (Fsp3) is 0.765. The average molecular weight is 322 g/mol. The molecular formula is C17H30N4O2. The van der Waals surface area contributed by atoms with Crippen LogP contribution in [0.25, 0.3) is 0 Å². The predicted molar refractivity (Wildman–Crippen MR) is 90.0 cm³/mol. The van der Waals surface area contributed by atoms with Crippen molar-refractivity contribution in [3.63, 3.8) is 0 Å². The summed E-state index contributed by atoms with van der Waals surface area (Å²) < 4.78 is 1.76. The van der Waals surface area contributed by atoms with Gasteiger partial charge in [-0.2, -0.15) is 5.10 Å². The summed E-state index contributed by atoms with van der Waals surface area (Å²) in [5, 5.41) is 14.3. The van der Waals surface area contributed by atoms with Gasteiger partial charge in [0, 0.05) is 52.4 Å². The molecular weight excluding hydrogens is 292 g/mol. The summed E-state index contributed by atoms with van der Waals surface area (Å²) in [4.78, 5) is 16.5. The molecule has 1 aromatic rings. The summed E-state index contributed by atoms with van der Waals surface area (Å²) in [6.07, 6.45) is 4.72. The first kappa shape index (κ1) is 17.9. The van der Waals surface area contributed by atoms with Gasteiger partial charge in [-0.15, -0.1) is 0 Å². The van der Waals surface area contributed by atoms with Crippen LogP contribution in [0.4, 0.5) is 0 Å². The van der Waals surface area contributed by atoms with E-state index in [-0.39, 0.29) is 17.4 Å². The van der Waals surface area contributed by atoms with Gasteiger partial charge in [-0.1, -0.05) is 20.8 Å². The number of aliphatic hydroxyl groups is 1. The van der Waals surface area contributed by atoms with E-state index in [0.717, 1.165) is 38.2 Å². The Morgan fingerprint density at radius 2 is 1.96 bits per heavy atom. The minimum Gasteiger partial charge on any atom is -0.391 e. The van der Waals surface area contributed by atoms with E-state index in [2.05, 4.69) is 30.8 Å². The number of carbonyl (C=O) groups excluding carboxylic acids is 1. The van der Waals surface area contributed by atoms with Crippen LogP contribution in [0.3, 0.4) is 0 Å². The number of piperazine rings is 1. The molecule has 1 unspecified atom stereocenters. The highest BCUT2D eigenvalue weighted by Gasteiger charge is 2.27. The maximum absolute atomic E-state index is 12.3. The van der Waals surface area contributed by atoms with Crippen molar-refractivity contribution in [2.45, 2.75) is 39.7 Å². The molecule has 0 aromatic carbocycles. The first-order chi connectivity index (χ1) is 10.8. The Balaban J connectivity index is 1.72. The van der Waals surface area contributed by atoms with Gasteiger partial charge in [-0.25, -0.2) is 0 Å². The van der Waals surface area contributed by atoms with Crippen molar-refractivity contribution in [2.75, 3.05) is 32.7 Å². The van der Waals surface area contributed by atoms with Crippen molar-refractivity contribution < 1.29 is 9.90 Å². The lowest BCUT2D eigenvalue weighted by Crippen LogP contribution is -2.51. The molecule has 0 radical (unpaired) electrons. The fourth-order valence-corrected chi connectivity index (χ4v) is 2.71. The number of aromatic nitrogens is 2. The smallest absolute Gasteiger partial charge is 0.222 e. The molecule has 1 aliphatic rings. The van der Waals surface area contributed by atoms with Crippen LogP contribution >= 0.6 is 0 Å². The molecule has 1 amide bonds. The maximum Gasteiger partial charge on any atom is 0.222 e. The second-order valence-corrected chi connectivity index (χ2v) is 7.59. The van der Waals surface area contributed by atoms with Gasteiger partial charge in [0.2, 0.25) is 5.91 Å². The first-order valence-corrected chi connectivity index (χ1v) is 8.41. The van der Waals surface area contributed by atoms with Crippen LogP contribution in [0.1, 0.15) is 32.8 Å². The van der Waals surface area contributed by atoms with Gasteiger partial charge in [-0.05, 0) is 17.4 Å². The third-order valence-corrected chi connectivity index (χ3v) is 4.54. The molecule has 1 fully saturated rings. The molecule has 1 aromatic heterocycles. The van der Waals surface area contributed by atoms with Crippen molar-refractivity contribution in [3.8, 4) is 0 Å². The molecule has 1 atom stereocenters. The summed E-state index contributed by atoms with van der Waals surface area (Å²) in [6, 6.07) is 0. The number of rotatable bonds is 5. The van der Waals surface area contributed by atoms with Gasteiger partial charge >= 0.3 is 0 Å². The van der Waals surface area contributed by atoms with Gasteiger partial charge in [0.25, 0.3) is 0 Å². The van der Waals surface area contributed by atoms with Crippen molar-refractivity contribution in [3.05, 3.63) is 18.0 Å². The highest BCUT2D eigenvalue weighted by atomic mass is 16.3. The molecule has 2 heterocycles. The Morgan fingerprint density at radius 3 is 2.48 bits per heavy atom. The molecule has 1 aliphatic heterocycles. The molecule has 1 saturated heterocycles. The molecule has 6 heteroatoms. The van der Waals surface area contributed by atoms with Gasteiger partial charge in [0.1, 0.15) is 0 Å². The van der Waals surface area contributed by atoms with Crippen LogP contribution in [0, 0.1) is 5.41 Å². The van der Waals surface area contributed by atoms with Crippen molar-refractivity contribution in [1.82, 2.24) is 19.6 Å². The molecule has 6 nitrogen and oxygen atoms in total. The topological polar surface area (TPSA) is 61.6 Å². The van der Waals surface area contributed by atoms with E-state index in [4.69, 9.17) is 0 Å². The third-order valence-electron chi connectivity index (χ3n) is 4.54. The zero-order valence-electron chi connectivity index (χ0n) is 14.8.